The summed E-state index contributed by atoms with van der Waals surface area (Å²) in [6, 6.07) is 31.7. The highest BCUT2D eigenvalue weighted by atomic mass is 16.5. The number of amides is 1. The summed E-state index contributed by atoms with van der Waals surface area (Å²) >= 11 is 0. The van der Waals surface area contributed by atoms with Gasteiger partial charge in [-0.05, 0) is 70.6 Å². The normalized spacial score (nSPS) is 11.3. The summed E-state index contributed by atoms with van der Waals surface area (Å²) < 4.78 is 11.8. The minimum atomic E-state index is -0.714. The number of aromatic nitrogens is 1. The Morgan fingerprint density at radius 3 is 2.50 bits per heavy atom. The van der Waals surface area contributed by atoms with Crippen LogP contribution in [-0.2, 0) is 17.9 Å². The lowest BCUT2D eigenvalue weighted by Gasteiger charge is -2.21. The maximum Gasteiger partial charge on any atom is 0.247 e. The molecule has 7 nitrogen and oxygen atoms in total. The fraction of sp³-hybridized carbons (Fsp3) is 0.121. The summed E-state index contributed by atoms with van der Waals surface area (Å²) in [6.45, 7) is 0.754. The third kappa shape index (κ3) is 6.37. The van der Waals surface area contributed by atoms with Gasteiger partial charge in [-0.25, -0.2) is 0 Å². The molecule has 0 aliphatic carbocycles. The zero-order valence-electron chi connectivity index (χ0n) is 22.0. The van der Waals surface area contributed by atoms with Crippen LogP contribution in [0.15, 0.2) is 109 Å². The molecule has 40 heavy (non-hydrogen) atoms. The highest BCUT2D eigenvalue weighted by Crippen LogP contribution is 2.32. The van der Waals surface area contributed by atoms with Crippen LogP contribution >= 0.6 is 0 Å². The summed E-state index contributed by atoms with van der Waals surface area (Å²) in [5, 5.41) is 17.6. The molecule has 4 aromatic carbocycles. The van der Waals surface area contributed by atoms with Crippen molar-refractivity contribution in [2.45, 2.75) is 19.2 Å². The summed E-state index contributed by atoms with van der Waals surface area (Å²) in [5.41, 5.74) is 3.98. The van der Waals surface area contributed by atoms with Gasteiger partial charge in [0.25, 0.3) is 0 Å². The third-order valence-electron chi connectivity index (χ3n) is 6.52. The number of carbonyl (C=O) groups is 1. The number of nitriles is 1. The Balaban J connectivity index is 1.36. The Bertz CT molecular complexity index is 1650. The third-order valence-corrected chi connectivity index (χ3v) is 6.52. The topological polar surface area (TPSA) is 96.3 Å². The van der Waals surface area contributed by atoms with Crippen molar-refractivity contribution in [3.63, 3.8) is 0 Å². The molecule has 1 heterocycles. The molecule has 0 radical (unpaired) electrons. The minimum Gasteiger partial charge on any atom is -0.493 e. The summed E-state index contributed by atoms with van der Waals surface area (Å²) in [7, 11) is 1.58. The standard InChI is InChI=1S/C33H28N4O3/c1-39-31-18-27(11-14-30(31)40-22-25-7-10-28-21-35-16-15-26(28)17-25)32(37-29-12-8-23(19-34)9-13-29)33(38)36-20-24-5-3-2-4-6-24/h2-18,21,32,37H,20,22H2,1H3,(H,36,38)/t32-/m0/s1. The van der Waals surface area contributed by atoms with Crippen molar-refractivity contribution >= 4 is 22.4 Å². The Morgan fingerprint density at radius 2 is 1.73 bits per heavy atom. The molecule has 0 saturated heterocycles. The van der Waals surface area contributed by atoms with E-state index in [1.54, 1.807) is 37.6 Å². The number of rotatable bonds is 10. The number of fused-ring (bicyclic) bond motifs is 1. The van der Waals surface area contributed by atoms with Gasteiger partial charge < -0.3 is 20.1 Å². The highest BCUT2D eigenvalue weighted by molar-refractivity contribution is 5.86. The molecule has 198 valence electrons. The number of nitrogens with one attached hydrogen (secondary N) is 2. The van der Waals surface area contributed by atoms with E-state index in [1.165, 1.54) is 0 Å². The molecule has 1 atom stereocenters. The molecule has 0 spiro atoms. The first kappa shape index (κ1) is 26.3. The Hall–Kier alpha value is -5.35. The van der Waals surface area contributed by atoms with E-state index in [0.717, 1.165) is 21.9 Å². The SMILES string of the molecule is COc1cc([C@H](Nc2ccc(C#N)cc2)C(=O)NCc2ccccc2)ccc1OCc1ccc2cnccc2c1. The monoisotopic (exact) mass is 528 g/mol. The molecule has 1 amide bonds. The van der Waals surface area contributed by atoms with Gasteiger partial charge in [0, 0.05) is 30.0 Å². The van der Waals surface area contributed by atoms with Crippen LogP contribution in [0.25, 0.3) is 10.8 Å². The van der Waals surface area contributed by atoms with Gasteiger partial charge in [0.15, 0.2) is 11.5 Å². The van der Waals surface area contributed by atoms with Gasteiger partial charge in [0.05, 0.1) is 18.7 Å². The number of pyridine rings is 1. The predicted molar refractivity (Wildman–Crippen MR) is 155 cm³/mol. The van der Waals surface area contributed by atoms with Crippen LogP contribution in [-0.4, -0.2) is 18.0 Å². The van der Waals surface area contributed by atoms with E-state index in [9.17, 15) is 4.79 Å². The number of ether oxygens (including phenoxy) is 2. The lowest BCUT2D eigenvalue weighted by Crippen LogP contribution is -2.33. The summed E-state index contributed by atoms with van der Waals surface area (Å²) in [5.74, 6) is 0.891. The number of carbonyl (C=O) groups excluding carboxylic acids is 1. The maximum atomic E-state index is 13.4. The minimum absolute atomic E-state index is 0.199. The Morgan fingerprint density at radius 1 is 0.900 bits per heavy atom. The lowest BCUT2D eigenvalue weighted by molar-refractivity contribution is -0.122. The number of benzene rings is 4. The molecular formula is C33H28N4O3. The molecule has 0 saturated carbocycles. The Labute approximate surface area is 233 Å². The summed E-state index contributed by atoms with van der Waals surface area (Å²) in [6.07, 6.45) is 3.60. The molecule has 0 fully saturated rings. The predicted octanol–water partition coefficient (Wildman–Crippen LogP) is 6.16. The molecule has 1 aromatic heterocycles. The van der Waals surface area contributed by atoms with E-state index in [2.05, 4.69) is 27.8 Å². The van der Waals surface area contributed by atoms with E-state index >= 15 is 0 Å². The second-order valence-electron chi connectivity index (χ2n) is 9.23. The summed E-state index contributed by atoms with van der Waals surface area (Å²) in [4.78, 5) is 17.6. The van der Waals surface area contributed by atoms with Crippen LogP contribution < -0.4 is 20.1 Å². The van der Waals surface area contributed by atoms with Crippen LogP contribution in [0, 0.1) is 11.3 Å². The van der Waals surface area contributed by atoms with Gasteiger partial charge in [0.2, 0.25) is 5.91 Å². The van der Waals surface area contributed by atoms with E-state index in [0.29, 0.717) is 41.5 Å². The second kappa shape index (κ2) is 12.5. The molecule has 0 bridgehead atoms. The van der Waals surface area contributed by atoms with Gasteiger partial charge in [-0.15, -0.1) is 0 Å². The first-order valence-electron chi connectivity index (χ1n) is 12.8. The van der Waals surface area contributed by atoms with E-state index in [-0.39, 0.29) is 5.91 Å². The van der Waals surface area contributed by atoms with Gasteiger partial charge in [-0.3, -0.25) is 9.78 Å². The average Bonchev–Trinajstić information content (AvgIpc) is 3.02. The van der Waals surface area contributed by atoms with E-state index in [1.807, 2.05) is 72.9 Å². The maximum absolute atomic E-state index is 13.4. The van der Waals surface area contributed by atoms with Crippen molar-refractivity contribution in [1.82, 2.24) is 10.3 Å². The zero-order chi connectivity index (χ0) is 27.7. The largest absolute Gasteiger partial charge is 0.493 e. The van der Waals surface area contributed by atoms with Crippen molar-refractivity contribution in [2.75, 3.05) is 12.4 Å². The van der Waals surface area contributed by atoms with Gasteiger partial charge in [-0.1, -0.05) is 48.5 Å². The second-order valence-corrected chi connectivity index (χ2v) is 9.23. The molecule has 2 N–H and O–H groups in total. The van der Waals surface area contributed by atoms with Gasteiger partial charge >= 0.3 is 0 Å². The van der Waals surface area contributed by atoms with Crippen molar-refractivity contribution < 1.29 is 14.3 Å². The van der Waals surface area contributed by atoms with Crippen molar-refractivity contribution in [3.8, 4) is 17.6 Å². The Kier molecular flexibility index (Phi) is 8.18. The fourth-order valence-electron chi connectivity index (χ4n) is 4.36. The number of anilines is 1. The molecule has 0 aliphatic heterocycles. The van der Waals surface area contributed by atoms with Crippen molar-refractivity contribution in [3.05, 3.63) is 132 Å². The van der Waals surface area contributed by atoms with E-state index < -0.39 is 6.04 Å². The van der Waals surface area contributed by atoms with Crippen LogP contribution in [0.1, 0.15) is 28.3 Å². The zero-order valence-corrected chi connectivity index (χ0v) is 22.0. The molecule has 7 heteroatoms. The first-order chi connectivity index (χ1) is 19.6. The molecule has 0 aliphatic rings. The van der Waals surface area contributed by atoms with Crippen LogP contribution in [0.5, 0.6) is 11.5 Å². The van der Waals surface area contributed by atoms with Crippen LogP contribution in [0.2, 0.25) is 0 Å². The number of nitrogens with zero attached hydrogens (tertiary/aromatic N) is 2. The van der Waals surface area contributed by atoms with Gasteiger partial charge in [-0.2, -0.15) is 5.26 Å². The first-order valence-corrected chi connectivity index (χ1v) is 12.8. The van der Waals surface area contributed by atoms with Crippen LogP contribution in [0.4, 0.5) is 5.69 Å². The van der Waals surface area contributed by atoms with Gasteiger partial charge in [0.1, 0.15) is 12.6 Å². The smallest absolute Gasteiger partial charge is 0.247 e. The van der Waals surface area contributed by atoms with Crippen molar-refractivity contribution in [2.24, 2.45) is 0 Å². The molecular weight excluding hydrogens is 500 g/mol. The average molecular weight is 529 g/mol. The highest BCUT2D eigenvalue weighted by Gasteiger charge is 2.22. The quantitative estimate of drug-likeness (QED) is 0.225. The lowest BCUT2D eigenvalue weighted by atomic mass is 10.0. The molecule has 0 unspecified atom stereocenters. The van der Waals surface area contributed by atoms with Crippen molar-refractivity contribution in [1.29, 1.82) is 5.26 Å². The number of methoxy groups -OCH3 is 1. The van der Waals surface area contributed by atoms with E-state index in [4.69, 9.17) is 14.7 Å². The number of hydrogen-bond donors (Lipinski definition) is 2. The number of hydrogen-bond acceptors (Lipinski definition) is 6. The van der Waals surface area contributed by atoms with Crippen LogP contribution in [0.3, 0.4) is 0 Å². The molecule has 5 rings (SSSR count). The molecule has 5 aromatic rings. The fourth-order valence-corrected chi connectivity index (χ4v) is 4.36.